The second-order valence-corrected chi connectivity index (χ2v) is 19.3. The molecule has 5 rings (SSSR count). The van der Waals surface area contributed by atoms with Crippen molar-refractivity contribution in [1.29, 1.82) is 0 Å². The summed E-state index contributed by atoms with van der Waals surface area (Å²) in [6, 6.07) is 0. The molecule has 0 aromatic carbocycles. The molecular weight excluding hydrogens is 730 g/mol. The van der Waals surface area contributed by atoms with Crippen LogP contribution in [0.5, 0.6) is 0 Å². The minimum Gasteiger partial charge on any atom is -0.726 e. The Morgan fingerprint density at radius 2 is 1.31 bits per heavy atom. The van der Waals surface area contributed by atoms with E-state index in [1.807, 2.05) is 0 Å². The number of rotatable bonds is 11. The monoisotopic (exact) mass is 778 g/mol. The molecule has 0 bridgehead atoms. The summed E-state index contributed by atoms with van der Waals surface area (Å²) in [5.74, 6) is 1.11. The smallest absolute Gasteiger partial charge is 0.726 e. The first-order chi connectivity index (χ1) is 20.9. The molecule has 0 saturated heterocycles. The topological polar surface area (TPSA) is 199 Å². The zero-order chi connectivity index (χ0) is 34.5. The van der Waals surface area contributed by atoms with Gasteiger partial charge in [-0.2, -0.15) is 0 Å². The van der Waals surface area contributed by atoms with Gasteiger partial charge in [0.2, 0.25) is 31.2 Å². The number of hydrogen-bond acceptors (Lipinski definition) is 12. The standard InChI is InChI=1S/C31H52O12S3.3Na/c1-18(2)31(16-20(31)4)13-8-19(3)21-9-11-30(7)23-14-25(41-44(32,33)34)24-15-26(42-45(35,36)37)27(43-46(38,39)40)17-28(24,5)22(23)10-12-29(21,30)6;;;/h10,18-21,23-27H,8-9,11-17H2,1-7H3,(H,32,33,34)(H,35,36,37)(H,38,39,40);;;/q;3*+1/p-3/t19-,20?,21-,23-,24?,25+,26?,27+,28?,29?,30?,31+;;;/m1.../s1. The molecule has 266 valence electrons. The van der Waals surface area contributed by atoms with Crippen molar-refractivity contribution >= 4 is 31.2 Å². The molecule has 0 aromatic rings. The minimum absolute atomic E-state index is 0. The van der Waals surface area contributed by atoms with Gasteiger partial charge in [0.15, 0.2) is 0 Å². The molecule has 4 saturated carbocycles. The summed E-state index contributed by atoms with van der Waals surface area (Å²) in [7, 11) is -15.9. The van der Waals surface area contributed by atoms with Crippen LogP contribution in [0.3, 0.4) is 0 Å². The van der Waals surface area contributed by atoms with E-state index in [9.17, 15) is 38.9 Å². The molecule has 12 nitrogen and oxygen atoms in total. The zero-order valence-electron chi connectivity index (χ0n) is 30.8. The van der Waals surface area contributed by atoms with E-state index in [1.165, 1.54) is 12.8 Å². The van der Waals surface area contributed by atoms with Crippen molar-refractivity contribution in [3.05, 3.63) is 11.6 Å². The maximum Gasteiger partial charge on any atom is 1.00 e. The number of allylic oxidation sites excluding steroid dienone is 2. The molecule has 0 heterocycles. The van der Waals surface area contributed by atoms with Gasteiger partial charge in [0, 0.05) is 0 Å². The maximum atomic E-state index is 12.0. The van der Waals surface area contributed by atoms with Gasteiger partial charge in [0.1, 0.15) is 12.2 Å². The second kappa shape index (κ2) is 16.1. The van der Waals surface area contributed by atoms with Crippen LogP contribution in [0.25, 0.3) is 0 Å². The van der Waals surface area contributed by atoms with Crippen molar-refractivity contribution < 1.29 is 140 Å². The third-order valence-electron chi connectivity index (χ3n) is 14.0. The molecule has 0 radical (unpaired) electrons. The molecule has 5 aliphatic rings. The number of hydrogen-bond donors (Lipinski definition) is 0. The van der Waals surface area contributed by atoms with E-state index < -0.39 is 60.8 Å². The largest absolute Gasteiger partial charge is 1.00 e. The SMILES string of the molecule is CC(C)[C@]1(CC[C@@H](C)[C@H]2CCC3(C)[C@@H]4C[C@H](OS(=O)(=O)[O-])C5CC(OS(=O)(=O)[O-])[C@@H](OS(=O)(=O)[O-])CC5(C)C4=CCC23C)CC1C.[Na+].[Na+].[Na+]. The summed E-state index contributed by atoms with van der Waals surface area (Å²) in [6.45, 7) is 15.6. The van der Waals surface area contributed by atoms with Crippen LogP contribution in [-0.2, 0) is 43.7 Å². The van der Waals surface area contributed by atoms with E-state index in [4.69, 9.17) is 8.37 Å². The van der Waals surface area contributed by atoms with Gasteiger partial charge in [-0.15, -0.1) is 0 Å². The Labute approximate surface area is 360 Å². The third kappa shape index (κ3) is 9.32. The average molecular weight is 779 g/mol. The normalized spacial score (nSPS) is 42.3. The Morgan fingerprint density at radius 1 is 0.796 bits per heavy atom. The van der Waals surface area contributed by atoms with Crippen LogP contribution in [0.1, 0.15) is 106 Å². The van der Waals surface area contributed by atoms with E-state index >= 15 is 0 Å². The first-order valence-electron chi connectivity index (χ1n) is 16.5. The van der Waals surface area contributed by atoms with Crippen LogP contribution in [0.15, 0.2) is 11.6 Å². The van der Waals surface area contributed by atoms with Gasteiger partial charge in [0.25, 0.3) is 0 Å². The first-order valence-corrected chi connectivity index (χ1v) is 20.5. The summed E-state index contributed by atoms with van der Waals surface area (Å²) in [5, 5.41) is 0. The third-order valence-corrected chi connectivity index (χ3v) is 15.5. The molecule has 5 aliphatic carbocycles. The second-order valence-electron chi connectivity index (χ2n) is 16.2. The van der Waals surface area contributed by atoms with Gasteiger partial charge in [-0.1, -0.05) is 60.1 Å². The van der Waals surface area contributed by atoms with E-state index in [0.717, 1.165) is 37.2 Å². The molecule has 0 aliphatic heterocycles. The molecule has 6 unspecified atom stereocenters. The molecule has 0 spiro atoms. The van der Waals surface area contributed by atoms with Crippen molar-refractivity contribution in [3.63, 3.8) is 0 Å². The molecule has 0 N–H and O–H groups in total. The van der Waals surface area contributed by atoms with Crippen molar-refractivity contribution in [3.8, 4) is 0 Å². The van der Waals surface area contributed by atoms with Crippen molar-refractivity contribution in [1.82, 2.24) is 0 Å². The van der Waals surface area contributed by atoms with Crippen LogP contribution in [0.4, 0.5) is 0 Å². The maximum absolute atomic E-state index is 12.0. The zero-order valence-corrected chi connectivity index (χ0v) is 39.2. The molecule has 12 atom stereocenters. The van der Waals surface area contributed by atoms with Gasteiger partial charge in [-0.25, -0.2) is 25.3 Å². The summed E-state index contributed by atoms with van der Waals surface area (Å²) in [4.78, 5) is 0. The van der Waals surface area contributed by atoms with E-state index in [2.05, 4.69) is 51.8 Å². The van der Waals surface area contributed by atoms with Gasteiger partial charge in [-0.05, 0) is 115 Å². The van der Waals surface area contributed by atoms with Crippen molar-refractivity contribution in [2.45, 2.75) is 125 Å². The predicted octanol–water partition coefficient (Wildman–Crippen LogP) is -4.18. The van der Waals surface area contributed by atoms with Gasteiger partial charge >= 0.3 is 88.7 Å². The fourth-order valence-corrected chi connectivity index (χ4v) is 12.8. The quantitative estimate of drug-likeness (QED) is 0.0851. The van der Waals surface area contributed by atoms with Crippen LogP contribution >= 0.6 is 0 Å². The Morgan fingerprint density at radius 3 is 1.80 bits per heavy atom. The van der Waals surface area contributed by atoms with Crippen molar-refractivity contribution in [2.75, 3.05) is 0 Å². The van der Waals surface area contributed by atoms with E-state index in [0.29, 0.717) is 23.2 Å². The summed E-state index contributed by atoms with van der Waals surface area (Å²) in [5.41, 5.74) is -0.203. The summed E-state index contributed by atoms with van der Waals surface area (Å²) in [6.07, 6.45) is 3.28. The average Bonchev–Trinajstić information content (AvgIpc) is 3.45. The van der Waals surface area contributed by atoms with E-state index in [-0.39, 0.29) is 125 Å². The van der Waals surface area contributed by atoms with Gasteiger partial charge in [0.05, 0.1) is 6.10 Å². The van der Waals surface area contributed by atoms with Crippen LogP contribution in [-0.4, -0.2) is 57.2 Å². The Bertz CT molecular complexity index is 1570. The number of fused-ring (bicyclic) bond motifs is 5. The Balaban J connectivity index is 0.00000278. The molecule has 0 amide bonds. The van der Waals surface area contributed by atoms with Crippen LogP contribution in [0, 0.1) is 57.2 Å². The molecule has 49 heavy (non-hydrogen) atoms. The first kappa shape index (κ1) is 47.5. The van der Waals surface area contributed by atoms with Crippen LogP contribution < -0.4 is 88.7 Å². The van der Waals surface area contributed by atoms with Gasteiger partial charge in [-0.3, -0.25) is 12.5 Å². The molecule has 0 aromatic heterocycles. The fourth-order valence-electron chi connectivity index (χ4n) is 11.2. The molecule has 18 heteroatoms. The summed E-state index contributed by atoms with van der Waals surface area (Å²) >= 11 is 0. The Hall–Kier alpha value is 2.35. The Kier molecular flexibility index (Phi) is 15.6. The molecular formula is C31H49Na3O12S3. The van der Waals surface area contributed by atoms with Crippen molar-refractivity contribution in [2.24, 2.45) is 57.2 Å². The van der Waals surface area contributed by atoms with Crippen LogP contribution in [0.2, 0.25) is 0 Å². The van der Waals surface area contributed by atoms with Gasteiger partial charge < -0.3 is 13.7 Å². The fraction of sp³-hybridized carbons (Fsp3) is 0.935. The van der Waals surface area contributed by atoms with E-state index in [1.54, 1.807) is 6.92 Å². The minimum atomic E-state index is -5.37. The predicted molar refractivity (Wildman–Crippen MR) is 164 cm³/mol. The molecule has 4 fully saturated rings. The summed E-state index contributed by atoms with van der Waals surface area (Å²) < 4.78 is 121.